The lowest BCUT2D eigenvalue weighted by atomic mass is 10.2. The summed E-state index contributed by atoms with van der Waals surface area (Å²) in [6, 6.07) is 0. The van der Waals surface area contributed by atoms with Crippen molar-refractivity contribution in [2.75, 3.05) is 12.5 Å². The molecule has 1 atom stereocenters. The first-order chi connectivity index (χ1) is 5.57. The van der Waals surface area contributed by atoms with Crippen LogP contribution in [0.3, 0.4) is 0 Å². The lowest BCUT2D eigenvalue weighted by Crippen LogP contribution is -2.09. The molecule has 0 heterocycles. The summed E-state index contributed by atoms with van der Waals surface area (Å²) in [7, 11) is 0. The van der Waals surface area contributed by atoms with Crippen molar-refractivity contribution in [3.05, 3.63) is 11.6 Å². The van der Waals surface area contributed by atoms with Crippen molar-refractivity contribution in [3.8, 4) is 0 Å². The third kappa shape index (κ3) is 5.16. The van der Waals surface area contributed by atoms with Crippen molar-refractivity contribution in [2.45, 2.75) is 20.0 Å². The molecule has 0 aromatic rings. The number of aliphatic carboxylic acids is 1. The van der Waals surface area contributed by atoms with Gasteiger partial charge in [0.1, 0.15) is 0 Å². The standard InChI is InChI=1S/C8H13ClO3/c1-6(8(10)11)5-7(2)12-4-3-9/h5,7H,3-4H2,1-2H3,(H,10,11). The molecule has 0 radical (unpaired) electrons. The summed E-state index contributed by atoms with van der Waals surface area (Å²) < 4.78 is 5.14. The maximum absolute atomic E-state index is 10.4. The van der Waals surface area contributed by atoms with Crippen molar-refractivity contribution in [1.29, 1.82) is 0 Å². The van der Waals surface area contributed by atoms with Gasteiger partial charge in [-0.15, -0.1) is 11.6 Å². The number of ether oxygens (including phenoxy) is 1. The topological polar surface area (TPSA) is 46.5 Å². The van der Waals surface area contributed by atoms with E-state index < -0.39 is 5.97 Å². The van der Waals surface area contributed by atoms with Crippen molar-refractivity contribution < 1.29 is 14.6 Å². The second-order valence-corrected chi connectivity index (χ2v) is 2.80. The van der Waals surface area contributed by atoms with E-state index in [1.54, 1.807) is 13.0 Å². The zero-order valence-corrected chi connectivity index (χ0v) is 7.97. The van der Waals surface area contributed by atoms with E-state index in [4.69, 9.17) is 21.4 Å². The predicted molar refractivity (Wildman–Crippen MR) is 47.5 cm³/mol. The molecule has 0 bridgehead atoms. The van der Waals surface area contributed by atoms with Gasteiger partial charge in [-0.05, 0) is 19.9 Å². The Morgan fingerprint density at radius 2 is 2.33 bits per heavy atom. The Morgan fingerprint density at radius 3 is 2.75 bits per heavy atom. The van der Waals surface area contributed by atoms with E-state index in [0.717, 1.165) is 0 Å². The Balaban J connectivity index is 3.87. The van der Waals surface area contributed by atoms with E-state index in [1.807, 2.05) is 0 Å². The zero-order chi connectivity index (χ0) is 9.56. The number of halogens is 1. The van der Waals surface area contributed by atoms with Crippen LogP contribution in [0.15, 0.2) is 11.6 Å². The van der Waals surface area contributed by atoms with Crippen LogP contribution in [0.25, 0.3) is 0 Å². The molecule has 0 spiro atoms. The summed E-state index contributed by atoms with van der Waals surface area (Å²) in [5.41, 5.74) is 0.289. The van der Waals surface area contributed by atoms with Gasteiger partial charge in [-0.1, -0.05) is 0 Å². The number of hydrogen-bond acceptors (Lipinski definition) is 2. The fourth-order valence-corrected chi connectivity index (χ4v) is 0.791. The average Bonchev–Trinajstić information content (AvgIpc) is 2.00. The molecular weight excluding hydrogens is 180 g/mol. The van der Waals surface area contributed by atoms with Gasteiger partial charge in [0.2, 0.25) is 0 Å². The predicted octanol–water partition coefficient (Wildman–Crippen LogP) is 1.66. The Kier molecular flexibility index (Phi) is 5.76. The molecule has 3 nitrogen and oxygen atoms in total. The number of carboxylic acids is 1. The lowest BCUT2D eigenvalue weighted by molar-refractivity contribution is -0.132. The van der Waals surface area contributed by atoms with Gasteiger partial charge < -0.3 is 9.84 Å². The molecular formula is C8H13ClO3. The van der Waals surface area contributed by atoms with E-state index in [2.05, 4.69) is 0 Å². The smallest absolute Gasteiger partial charge is 0.331 e. The Labute approximate surface area is 77.0 Å². The van der Waals surface area contributed by atoms with Crippen LogP contribution in [0.5, 0.6) is 0 Å². The molecule has 4 heteroatoms. The third-order valence-electron chi connectivity index (χ3n) is 1.28. The molecule has 0 aliphatic heterocycles. The minimum absolute atomic E-state index is 0.195. The van der Waals surface area contributed by atoms with Crippen molar-refractivity contribution >= 4 is 17.6 Å². The molecule has 1 unspecified atom stereocenters. The molecule has 0 aromatic heterocycles. The summed E-state index contributed by atoms with van der Waals surface area (Å²) >= 11 is 5.38. The van der Waals surface area contributed by atoms with Crippen molar-refractivity contribution in [2.24, 2.45) is 0 Å². The van der Waals surface area contributed by atoms with Gasteiger partial charge in [0.15, 0.2) is 0 Å². The van der Waals surface area contributed by atoms with E-state index in [-0.39, 0.29) is 11.7 Å². The molecule has 1 N–H and O–H groups in total. The zero-order valence-electron chi connectivity index (χ0n) is 7.21. The number of carbonyl (C=O) groups is 1. The van der Waals surface area contributed by atoms with Crippen LogP contribution >= 0.6 is 11.6 Å². The molecule has 0 amide bonds. The summed E-state index contributed by atoms with van der Waals surface area (Å²) in [5.74, 6) is -0.499. The van der Waals surface area contributed by atoms with Crippen molar-refractivity contribution in [3.63, 3.8) is 0 Å². The highest BCUT2D eigenvalue weighted by molar-refractivity contribution is 6.17. The van der Waals surface area contributed by atoms with Gasteiger partial charge in [-0.2, -0.15) is 0 Å². The van der Waals surface area contributed by atoms with Gasteiger partial charge in [-0.25, -0.2) is 4.79 Å². The molecule has 0 fully saturated rings. The van der Waals surface area contributed by atoms with Crippen molar-refractivity contribution in [1.82, 2.24) is 0 Å². The average molecular weight is 193 g/mol. The monoisotopic (exact) mass is 192 g/mol. The largest absolute Gasteiger partial charge is 0.478 e. The van der Waals surface area contributed by atoms with Crippen LogP contribution < -0.4 is 0 Å². The lowest BCUT2D eigenvalue weighted by Gasteiger charge is -2.06. The molecule has 12 heavy (non-hydrogen) atoms. The first-order valence-corrected chi connectivity index (χ1v) is 4.20. The summed E-state index contributed by atoms with van der Waals surface area (Å²) in [6.45, 7) is 3.74. The highest BCUT2D eigenvalue weighted by Gasteiger charge is 2.03. The Bertz CT molecular complexity index is 177. The van der Waals surface area contributed by atoms with E-state index >= 15 is 0 Å². The van der Waals surface area contributed by atoms with Gasteiger partial charge in [-0.3, -0.25) is 0 Å². The highest BCUT2D eigenvalue weighted by Crippen LogP contribution is 1.99. The molecule has 0 aromatic carbocycles. The van der Waals surface area contributed by atoms with E-state index in [0.29, 0.717) is 12.5 Å². The van der Waals surface area contributed by atoms with Crippen LogP contribution in [0.4, 0.5) is 0 Å². The number of rotatable bonds is 5. The molecule has 0 rings (SSSR count). The van der Waals surface area contributed by atoms with Crippen LogP contribution in [0.2, 0.25) is 0 Å². The first-order valence-electron chi connectivity index (χ1n) is 3.67. The summed E-state index contributed by atoms with van der Waals surface area (Å²) in [6.07, 6.45) is 1.36. The van der Waals surface area contributed by atoms with Gasteiger partial charge in [0.25, 0.3) is 0 Å². The van der Waals surface area contributed by atoms with E-state index in [1.165, 1.54) is 6.92 Å². The fourth-order valence-electron chi connectivity index (χ4n) is 0.702. The number of hydrogen-bond donors (Lipinski definition) is 1. The molecule has 0 aliphatic rings. The first kappa shape index (κ1) is 11.5. The maximum atomic E-state index is 10.4. The maximum Gasteiger partial charge on any atom is 0.331 e. The fraction of sp³-hybridized carbons (Fsp3) is 0.625. The minimum atomic E-state index is -0.920. The van der Waals surface area contributed by atoms with Gasteiger partial charge in [0, 0.05) is 11.5 Å². The second-order valence-electron chi connectivity index (χ2n) is 2.42. The van der Waals surface area contributed by atoms with Crippen LogP contribution in [-0.2, 0) is 9.53 Å². The minimum Gasteiger partial charge on any atom is -0.478 e. The SMILES string of the molecule is CC(=CC(C)OCCCl)C(=O)O. The van der Waals surface area contributed by atoms with E-state index in [9.17, 15) is 4.79 Å². The molecule has 0 aliphatic carbocycles. The summed E-state index contributed by atoms with van der Waals surface area (Å²) in [5, 5.41) is 8.51. The highest BCUT2D eigenvalue weighted by atomic mass is 35.5. The van der Waals surface area contributed by atoms with Crippen LogP contribution in [0, 0.1) is 0 Å². The Morgan fingerprint density at radius 1 is 1.75 bits per heavy atom. The quantitative estimate of drug-likeness (QED) is 0.533. The van der Waals surface area contributed by atoms with Crippen LogP contribution in [0.1, 0.15) is 13.8 Å². The second kappa shape index (κ2) is 6.03. The van der Waals surface area contributed by atoms with Gasteiger partial charge in [0.05, 0.1) is 12.7 Å². The number of alkyl halides is 1. The van der Waals surface area contributed by atoms with Gasteiger partial charge >= 0.3 is 5.97 Å². The van der Waals surface area contributed by atoms with Crippen LogP contribution in [-0.4, -0.2) is 29.7 Å². The molecule has 0 saturated heterocycles. The third-order valence-corrected chi connectivity index (χ3v) is 1.43. The Hall–Kier alpha value is -0.540. The normalized spacial score (nSPS) is 14.4. The summed E-state index contributed by atoms with van der Waals surface area (Å²) in [4.78, 5) is 10.4. The molecule has 0 saturated carbocycles. The molecule has 70 valence electrons. The number of carboxylic acid groups (broad SMARTS) is 1.